The number of nitrogens with one attached hydrogen (secondary N) is 1. The number of hydrogen-bond donors (Lipinski definition) is 1. The van der Waals surface area contributed by atoms with Crippen LogP contribution in [0.1, 0.15) is 17.5 Å². The number of ether oxygens (including phenoxy) is 1. The van der Waals surface area contributed by atoms with Crippen molar-refractivity contribution in [2.75, 3.05) is 7.11 Å². The summed E-state index contributed by atoms with van der Waals surface area (Å²) < 4.78 is 4.64. The smallest absolute Gasteiger partial charge is 0.336 e. The minimum Gasteiger partial charge on any atom is -0.466 e. The molecule has 5 nitrogen and oxygen atoms in total. The van der Waals surface area contributed by atoms with Gasteiger partial charge in [-0.05, 0) is 17.7 Å². The maximum atomic E-state index is 11.5. The average Bonchev–Trinajstić information content (AvgIpc) is 2.80. The SMILES string of the molecule is COC(=O)C1=C(c2ccc(C#N)cc2)NC(=O)C1. The molecule has 0 fully saturated rings. The summed E-state index contributed by atoms with van der Waals surface area (Å²) in [4.78, 5) is 22.9. The number of rotatable bonds is 2. The molecule has 1 aromatic carbocycles. The van der Waals surface area contributed by atoms with Crippen molar-refractivity contribution in [1.29, 1.82) is 5.26 Å². The summed E-state index contributed by atoms with van der Waals surface area (Å²) in [5.41, 5.74) is 1.96. The predicted octanol–water partition coefficient (Wildman–Crippen LogP) is 0.962. The Morgan fingerprint density at radius 3 is 2.61 bits per heavy atom. The minimum atomic E-state index is -0.521. The second-order valence-corrected chi connectivity index (χ2v) is 3.76. The van der Waals surface area contributed by atoms with Crippen LogP contribution in [0, 0.1) is 11.3 Å². The first-order chi connectivity index (χ1) is 8.65. The first-order valence-electron chi connectivity index (χ1n) is 5.27. The molecule has 1 aliphatic rings. The first-order valence-corrected chi connectivity index (χ1v) is 5.27. The molecule has 0 saturated heterocycles. The van der Waals surface area contributed by atoms with Crippen LogP contribution in [0.4, 0.5) is 0 Å². The fourth-order valence-electron chi connectivity index (χ4n) is 1.76. The van der Waals surface area contributed by atoms with Gasteiger partial charge in [0.25, 0.3) is 0 Å². The quantitative estimate of drug-likeness (QED) is 0.783. The monoisotopic (exact) mass is 242 g/mol. The molecule has 1 amide bonds. The lowest BCUT2D eigenvalue weighted by Crippen LogP contribution is -2.14. The van der Waals surface area contributed by atoms with Gasteiger partial charge in [-0.2, -0.15) is 5.26 Å². The fraction of sp³-hybridized carbons (Fsp3) is 0.154. The van der Waals surface area contributed by atoms with Gasteiger partial charge in [-0.25, -0.2) is 4.79 Å². The Morgan fingerprint density at radius 2 is 2.06 bits per heavy atom. The van der Waals surface area contributed by atoms with Crippen LogP contribution in [0.3, 0.4) is 0 Å². The van der Waals surface area contributed by atoms with E-state index in [0.29, 0.717) is 22.4 Å². The zero-order chi connectivity index (χ0) is 13.1. The highest BCUT2D eigenvalue weighted by Gasteiger charge is 2.27. The van der Waals surface area contributed by atoms with Crippen LogP contribution in [0.25, 0.3) is 5.70 Å². The highest BCUT2D eigenvalue weighted by molar-refractivity contribution is 6.09. The molecule has 2 rings (SSSR count). The number of methoxy groups -OCH3 is 1. The van der Waals surface area contributed by atoms with Gasteiger partial charge in [-0.15, -0.1) is 0 Å². The Kier molecular flexibility index (Phi) is 3.11. The molecule has 0 bridgehead atoms. The first kappa shape index (κ1) is 11.9. The minimum absolute atomic E-state index is 0.0159. The van der Waals surface area contributed by atoms with Gasteiger partial charge >= 0.3 is 5.97 Å². The van der Waals surface area contributed by atoms with Gasteiger partial charge in [-0.3, -0.25) is 4.79 Å². The van der Waals surface area contributed by atoms with Crippen LogP contribution in [0.15, 0.2) is 29.8 Å². The van der Waals surface area contributed by atoms with Crippen LogP contribution >= 0.6 is 0 Å². The molecular weight excluding hydrogens is 232 g/mol. The van der Waals surface area contributed by atoms with Gasteiger partial charge in [0, 0.05) is 0 Å². The largest absolute Gasteiger partial charge is 0.466 e. The summed E-state index contributed by atoms with van der Waals surface area (Å²) in [6.07, 6.45) is 0.0159. The average molecular weight is 242 g/mol. The van der Waals surface area contributed by atoms with Gasteiger partial charge in [0.1, 0.15) is 0 Å². The third kappa shape index (κ3) is 2.09. The molecule has 1 N–H and O–H groups in total. The molecule has 0 aromatic heterocycles. The maximum absolute atomic E-state index is 11.5. The lowest BCUT2D eigenvalue weighted by molar-refractivity contribution is -0.136. The fourth-order valence-corrected chi connectivity index (χ4v) is 1.76. The molecule has 0 atom stereocenters. The summed E-state index contributed by atoms with van der Waals surface area (Å²) in [5.74, 6) is -0.762. The number of amides is 1. The maximum Gasteiger partial charge on any atom is 0.336 e. The summed E-state index contributed by atoms with van der Waals surface area (Å²) in [6, 6.07) is 8.62. The van der Waals surface area contributed by atoms with Crippen molar-refractivity contribution in [2.24, 2.45) is 0 Å². The van der Waals surface area contributed by atoms with E-state index in [-0.39, 0.29) is 12.3 Å². The zero-order valence-corrected chi connectivity index (χ0v) is 9.69. The number of nitrogens with zero attached hydrogens (tertiary/aromatic N) is 1. The Morgan fingerprint density at radius 1 is 1.39 bits per heavy atom. The number of esters is 1. The molecule has 0 spiro atoms. The third-order valence-corrected chi connectivity index (χ3v) is 2.64. The second-order valence-electron chi connectivity index (χ2n) is 3.76. The topological polar surface area (TPSA) is 79.2 Å². The van der Waals surface area contributed by atoms with Crippen molar-refractivity contribution in [2.45, 2.75) is 6.42 Å². The summed E-state index contributed by atoms with van der Waals surface area (Å²) in [5, 5.41) is 11.3. The Balaban J connectivity index is 2.42. The second kappa shape index (κ2) is 4.72. The zero-order valence-electron chi connectivity index (χ0n) is 9.69. The molecule has 0 radical (unpaired) electrons. The van der Waals surface area contributed by atoms with Gasteiger partial charge < -0.3 is 10.1 Å². The van der Waals surface area contributed by atoms with Gasteiger partial charge in [-0.1, -0.05) is 12.1 Å². The van der Waals surface area contributed by atoms with E-state index in [1.165, 1.54) is 7.11 Å². The molecule has 0 aliphatic carbocycles. The molecule has 5 heteroatoms. The molecule has 1 aliphatic heterocycles. The summed E-state index contributed by atoms with van der Waals surface area (Å²) in [7, 11) is 1.27. The van der Waals surface area contributed by atoms with E-state index in [0.717, 1.165) is 0 Å². The Labute approximate surface area is 104 Å². The number of nitriles is 1. The van der Waals surface area contributed by atoms with Crippen molar-refractivity contribution < 1.29 is 14.3 Å². The van der Waals surface area contributed by atoms with Crippen LogP contribution in [-0.2, 0) is 14.3 Å². The van der Waals surface area contributed by atoms with Crippen LogP contribution in [-0.4, -0.2) is 19.0 Å². The molecular formula is C13H10N2O3. The van der Waals surface area contributed by atoms with Crippen molar-refractivity contribution in [3.8, 4) is 6.07 Å². The van der Waals surface area contributed by atoms with Crippen molar-refractivity contribution >= 4 is 17.6 Å². The van der Waals surface area contributed by atoms with Gasteiger partial charge in [0.15, 0.2) is 0 Å². The van der Waals surface area contributed by atoms with Crippen molar-refractivity contribution in [3.05, 3.63) is 41.0 Å². The predicted molar refractivity (Wildman–Crippen MR) is 62.9 cm³/mol. The van der Waals surface area contributed by atoms with Crippen molar-refractivity contribution in [1.82, 2.24) is 5.32 Å². The van der Waals surface area contributed by atoms with E-state index in [2.05, 4.69) is 10.1 Å². The van der Waals surface area contributed by atoms with E-state index >= 15 is 0 Å². The number of benzene rings is 1. The number of carbonyl (C=O) groups is 2. The highest BCUT2D eigenvalue weighted by Crippen LogP contribution is 2.25. The lowest BCUT2D eigenvalue weighted by atomic mass is 10.1. The Bertz CT molecular complexity index is 579. The van der Waals surface area contributed by atoms with E-state index in [1.54, 1.807) is 24.3 Å². The Hall–Kier alpha value is -2.61. The third-order valence-electron chi connectivity index (χ3n) is 2.64. The van der Waals surface area contributed by atoms with Crippen molar-refractivity contribution in [3.63, 3.8) is 0 Å². The van der Waals surface area contributed by atoms with E-state index in [1.807, 2.05) is 6.07 Å². The molecule has 1 heterocycles. The molecule has 1 aromatic rings. The number of hydrogen-bond acceptors (Lipinski definition) is 4. The number of carbonyl (C=O) groups excluding carboxylic acids is 2. The highest BCUT2D eigenvalue weighted by atomic mass is 16.5. The van der Waals surface area contributed by atoms with E-state index < -0.39 is 5.97 Å². The lowest BCUT2D eigenvalue weighted by Gasteiger charge is -2.05. The van der Waals surface area contributed by atoms with E-state index in [4.69, 9.17) is 5.26 Å². The molecule has 0 unspecified atom stereocenters. The molecule has 0 saturated carbocycles. The standard InChI is InChI=1S/C13H10N2O3/c1-18-13(17)10-6-11(16)15-12(10)9-4-2-8(7-14)3-5-9/h2-5H,6H2,1H3,(H,15,16). The molecule has 18 heavy (non-hydrogen) atoms. The van der Waals surface area contributed by atoms with Crippen LogP contribution in [0.2, 0.25) is 0 Å². The van der Waals surface area contributed by atoms with Crippen LogP contribution < -0.4 is 5.32 Å². The summed E-state index contributed by atoms with van der Waals surface area (Å²) in [6.45, 7) is 0. The molecule has 90 valence electrons. The van der Waals surface area contributed by atoms with E-state index in [9.17, 15) is 9.59 Å². The summed E-state index contributed by atoms with van der Waals surface area (Å²) >= 11 is 0. The normalized spacial score (nSPS) is 14.1. The van der Waals surface area contributed by atoms with Crippen LogP contribution in [0.5, 0.6) is 0 Å². The van der Waals surface area contributed by atoms with Gasteiger partial charge in [0.2, 0.25) is 5.91 Å². The van der Waals surface area contributed by atoms with Gasteiger partial charge in [0.05, 0.1) is 36.4 Å².